The Bertz CT molecular complexity index is 1160. The maximum Gasteiger partial charge on any atom is 0.297 e. The van der Waals surface area contributed by atoms with Crippen LogP contribution in [0.15, 0.2) is 30.3 Å². The van der Waals surface area contributed by atoms with Crippen molar-refractivity contribution in [3.8, 4) is 11.3 Å². The SMILES string of the molecule is Cc1ccc(-c2nc(NC(=O)c3nc4nc(C)cc(C)n4n3)sc2C)cc1. The van der Waals surface area contributed by atoms with Crippen molar-refractivity contribution in [2.45, 2.75) is 27.7 Å². The van der Waals surface area contributed by atoms with Crippen LogP contribution in [-0.2, 0) is 0 Å². The van der Waals surface area contributed by atoms with Gasteiger partial charge in [-0.1, -0.05) is 29.8 Å². The van der Waals surface area contributed by atoms with Gasteiger partial charge in [0.2, 0.25) is 5.82 Å². The molecule has 0 aliphatic heterocycles. The van der Waals surface area contributed by atoms with E-state index in [1.54, 1.807) is 4.52 Å². The second kappa shape index (κ2) is 6.55. The monoisotopic (exact) mass is 378 g/mol. The smallest absolute Gasteiger partial charge is 0.295 e. The van der Waals surface area contributed by atoms with Gasteiger partial charge in [0.25, 0.3) is 11.7 Å². The number of amides is 1. The molecule has 4 rings (SSSR count). The Morgan fingerprint density at radius 2 is 1.78 bits per heavy atom. The molecule has 3 aromatic heterocycles. The molecular weight excluding hydrogens is 360 g/mol. The number of carbonyl (C=O) groups excluding carboxylic acids is 1. The van der Waals surface area contributed by atoms with Gasteiger partial charge in [0.05, 0.1) is 5.69 Å². The van der Waals surface area contributed by atoms with E-state index in [1.165, 1.54) is 16.9 Å². The van der Waals surface area contributed by atoms with Gasteiger partial charge in [-0.2, -0.15) is 4.98 Å². The average molecular weight is 378 g/mol. The van der Waals surface area contributed by atoms with Gasteiger partial charge < -0.3 is 0 Å². The summed E-state index contributed by atoms with van der Waals surface area (Å²) < 4.78 is 1.56. The number of aryl methyl sites for hydroxylation is 4. The molecule has 8 heteroatoms. The fourth-order valence-electron chi connectivity index (χ4n) is 2.84. The molecule has 0 radical (unpaired) electrons. The highest BCUT2D eigenvalue weighted by molar-refractivity contribution is 7.16. The van der Waals surface area contributed by atoms with E-state index in [9.17, 15) is 4.79 Å². The summed E-state index contributed by atoms with van der Waals surface area (Å²) in [6, 6.07) is 10.0. The number of thiazole rings is 1. The average Bonchev–Trinajstić information content (AvgIpc) is 3.19. The van der Waals surface area contributed by atoms with E-state index >= 15 is 0 Å². The van der Waals surface area contributed by atoms with Gasteiger partial charge in [-0.15, -0.1) is 16.4 Å². The predicted molar refractivity (Wildman–Crippen MR) is 105 cm³/mol. The molecule has 0 spiro atoms. The number of nitrogens with one attached hydrogen (secondary N) is 1. The first-order valence-corrected chi connectivity index (χ1v) is 9.29. The molecule has 0 fully saturated rings. The Balaban J connectivity index is 1.61. The molecule has 1 amide bonds. The molecule has 7 nitrogen and oxygen atoms in total. The fourth-order valence-corrected chi connectivity index (χ4v) is 3.68. The third-order valence-electron chi connectivity index (χ3n) is 4.16. The highest BCUT2D eigenvalue weighted by Gasteiger charge is 2.18. The number of hydrogen-bond acceptors (Lipinski definition) is 6. The minimum absolute atomic E-state index is 0.0703. The Labute approximate surface area is 160 Å². The second-order valence-corrected chi connectivity index (χ2v) is 7.63. The Morgan fingerprint density at radius 1 is 1.04 bits per heavy atom. The molecule has 1 aromatic carbocycles. The highest BCUT2D eigenvalue weighted by Crippen LogP contribution is 2.30. The number of benzene rings is 1. The van der Waals surface area contributed by atoms with Crippen molar-refractivity contribution in [3.05, 3.63) is 58.0 Å². The van der Waals surface area contributed by atoms with Crippen molar-refractivity contribution < 1.29 is 4.79 Å². The molecule has 1 N–H and O–H groups in total. The van der Waals surface area contributed by atoms with E-state index in [0.717, 1.165) is 27.5 Å². The van der Waals surface area contributed by atoms with Gasteiger partial charge in [-0.05, 0) is 33.8 Å². The van der Waals surface area contributed by atoms with Crippen molar-refractivity contribution in [1.82, 2.24) is 24.6 Å². The lowest BCUT2D eigenvalue weighted by Crippen LogP contribution is -2.13. The zero-order valence-corrected chi connectivity index (χ0v) is 16.3. The highest BCUT2D eigenvalue weighted by atomic mass is 32.1. The molecule has 3 heterocycles. The Kier molecular flexibility index (Phi) is 4.19. The standard InChI is InChI=1S/C19H18N6OS/c1-10-5-7-14(8-6-10)15-13(4)27-19(21-15)23-17(26)16-22-18-20-11(2)9-12(3)25(18)24-16/h5-9H,1-4H3,(H,21,23,26). The Morgan fingerprint density at radius 3 is 2.52 bits per heavy atom. The summed E-state index contributed by atoms with van der Waals surface area (Å²) in [4.78, 5) is 26.7. The summed E-state index contributed by atoms with van der Waals surface area (Å²) in [5, 5.41) is 7.57. The van der Waals surface area contributed by atoms with E-state index < -0.39 is 5.91 Å². The maximum atomic E-state index is 12.6. The molecule has 27 heavy (non-hydrogen) atoms. The van der Waals surface area contributed by atoms with Crippen molar-refractivity contribution in [2.75, 3.05) is 5.32 Å². The van der Waals surface area contributed by atoms with Crippen molar-refractivity contribution in [3.63, 3.8) is 0 Å². The lowest BCUT2D eigenvalue weighted by Gasteiger charge is -1.99. The lowest BCUT2D eigenvalue weighted by molar-refractivity contribution is 0.101. The summed E-state index contributed by atoms with van der Waals surface area (Å²) in [7, 11) is 0. The van der Waals surface area contributed by atoms with Gasteiger partial charge in [-0.3, -0.25) is 10.1 Å². The number of rotatable bonds is 3. The molecule has 0 aliphatic carbocycles. The predicted octanol–water partition coefficient (Wildman–Crippen LogP) is 3.73. The molecule has 0 bridgehead atoms. The summed E-state index contributed by atoms with van der Waals surface area (Å²) in [5.74, 6) is 0.0796. The molecule has 0 saturated carbocycles. The van der Waals surface area contributed by atoms with Crippen LogP contribution in [0, 0.1) is 27.7 Å². The van der Waals surface area contributed by atoms with Crippen LogP contribution in [0.4, 0.5) is 5.13 Å². The first kappa shape index (κ1) is 17.3. The molecule has 136 valence electrons. The van der Waals surface area contributed by atoms with Gasteiger partial charge >= 0.3 is 0 Å². The third kappa shape index (κ3) is 3.31. The number of hydrogen-bond donors (Lipinski definition) is 1. The normalized spacial score (nSPS) is 11.1. The van der Waals surface area contributed by atoms with Crippen LogP contribution in [0.25, 0.3) is 17.0 Å². The van der Waals surface area contributed by atoms with Crippen LogP contribution < -0.4 is 5.32 Å². The Hall–Kier alpha value is -3.13. The topological polar surface area (TPSA) is 85.1 Å². The van der Waals surface area contributed by atoms with E-state index in [2.05, 4.69) is 25.4 Å². The summed E-state index contributed by atoms with van der Waals surface area (Å²) in [6.07, 6.45) is 0. The van der Waals surface area contributed by atoms with Crippen molar-refractivity contribution in [1.29, 1.82) is 0 Å². The zero-order valence-electron chi connectivity index (χ0n) is 15.4. The largest absolute Gasteiger partial charge is 0.297 e. The number of nitrogens with zero attached hydrogens (tertiary/aromatic N) is 5. The van der Waals surface area contributed by atoms with Gasteiger partial charge in [0, 0.05) is 21.8 Å². The zero-order chi connectivity index (χ0) is 19.1. The quantitative estimate of drug-likeness (QED) is 0.587. The van der Waals surface area contributed by atoms with E-state index in [0.29, 0.717) is 10.9 Å². The molecule has 4 aromatic rings. The minimum atomic E-state index is -0.401. The lowest BCUT2D eigenvalue weighted by atomic mass is 10.1. The van der Waals surface area contributed by atoms with Crippen LogP contribution >= 0.6 is 11.3 Å². The van der Waals surface area contributed by atoms with Crippen LogP contribution in [0.1, 0.15) is 32.4 Å². The van der Waals surface area contributed by atoms with Crippen molar-refractivity contribution in [2.24, 2.45) is 0 Å². The van der Waals surface area contributed by atoms with Crippen LogP contribution in [0.2, 0.25) is 0 Å². The van der Waals surface area contributed by atoms with Crippen LogP contribution in [0.3, 0.4) is 0 Å². The van der Waals surface area contributed by atoms with Gasteiger partial charge in [-0.25, -0.2) is 14.5 Å². The fraction of sp³-hybridized carbons (Fsp3) is 0.211. The first-order valence-electron chi connectivity index (χ1n) is 8.47. The summed E-state index contributed by atoms with van der Waals surface area (Å²) >= 11 is 1.43. The number of fused-ring (bicyclic) bond motifs is 1. The van der Waals surface area contributed by atoms with E-state index in [4.69, 9.17) is 0 Å². The van der Waals surface area contributed by atoms with E-state index in [-0.39, 0.29) is 5.82 Å². The molecule has 0 saturated heterocycles. The summed E-state index contributed by atoms with van der Waals surface area (Å²) in [5.41, 5.74) is 4.79. The molecule has 0 atom stereocenters. The summed E-state index contributed by atoms with van der Waals surface area (Å²) in [6.45, 7) is 7.81. The third-order valence-corrected chi connectivity index (χ3v) is 5.05. The van der Waals surface area contributed by atoms with Crippen LogP contribution in [-0.4, -0.2) is 30.5 Å². The maximum absolute atomic E-state index is 12.6. The van der Waals surface area contributed by atoms with E-state index in [1.807, 2.05) is 58.0 Å². The molecular formula is C19H18N6OS. The minimum Gasteiger partial charge on any atom is -0.295 e. The number of aromatic nitrogens is 5. The van der Waals surface area contributed by atoms with Gasteiger partial charge in [0.1, 0.15) is 0 Å². The van der Waals surface area contributed by atoms with Crippen molar-refractivity contribution >= 4 is 28.2 Å². The van der Waals surface area contributed by atoms with Gasteiger partial charge in [0.15, 0.2) is 5.13 Å². The second-order valence-electron chi connectivity index (χ2n) is 6.43. The number of anilines is 1. The first-order chi connectivity index (χ1) is 12.9. The molecule has 0 aliphatic rings. The van der Waals surface area contributed by atoms with Crippen LogP contribution in [0.5, 0.6) is 0 Å². The number of carbonyl (C=O) groups is 1. The molecule has 0 unspecified atom stereocenters.